The molecule has 2 aromatic rings. The third-order valence-corrected chi connectivity index (χ3v) is 5.52. The molecule has 1 atom stereocenters. The normalized spacial score (nSPS) is 11.6. The van der Waals surface area contributed by atoms with Gasteiger partial charge in [0.2, 0.25) is 11.8 Å². The first-order valence-corrected chi connectivity index (χ1v) is 11.0. The van der Waals surface area contributed by atoms with Crippen molar-refractivity contribution in [1.29, 1.82) is 0 Å². The molecule has 28 heavy (non-hydrogen) atoms. The van der Waals surface area contributed by atoms with Gasteiger partial charge in [-0.15, -0.1) is 11.8 Å². The van der Waals surface area contributed by atoms with Crippen molar-refractivity contribution in [1.82, 2.24) is 10.2 Å². The first-order valence-electron chi connectivity index (χ1n) is 9.84. The Bertz CT molecular complexity index is 722. The van der Waals surface area contributed by atoms with Crippen LogP contribution >= 0.6 is 11.8 Å². The maximum Gasteiger partial charge on any atom is 0.242 e. The van der Waals surface area contributed by atoms with E-state index in [4.69, 9.17) is 0 Å². The van der Waals surface area contributed by atoms with Crippen molar-refractivity contribution in [3.63, 3.8) is 0 Å². The number of nitrogens with one attached hydrogen (secondary N) is 1. The van der Waals surface area contributed by atoms with E-state index in [-0.39, 0.29) is 11.8 Å². The van der Waals surface area contributed by atoms with Crippen LogP contribution in [0.25, 0.3) is 0 Å². The van der Waals surface area contributed by atoms with Crippen molar-refractivity contribution in [3.05, 3.63) is 71.8 Å². The minimum Gasteiger partial charge on any atom is -0.354 e. The molecule has 0 aliphatic carbocycles. The molecule has 0 saturated heterocycles. The van der Waals surface area contributed by atoms with E-state index in [1.807, 2.05) is 55.5 Å². The number of amides is 2. The monoisotopic (exact) mass is 398 g/mol. The Morgan fingerprint density at radius 3 is 2.21 bits per heavy atom. The van der Waals surface area contributed by atoms with Gasteiger partial charge in [0, 0.05) is 18.8 Å². The molecule has 0 bridgehead atoms. The zero-order chi connectivity index (χ0) is 20.2. The molecule has 0 aliphatic rings. The second-order valence-corrected chi connectivity index (χ2v) is 7.79. The highest BCUT2D eigenvalue weighted by Crippen LogP contribution is 2.15. The average Bonchev–Trinajstić information content (AvgIpc) is 2.73. The summed E-state index contributed by atoms with van der Waals surface area (Å²) < 4.78 is 0. The molecule has 2 amide bonds. The molecule has 2 rings (SSSR count). The fourth-order valence-electron chi connectivity index (χ4n) is 2.81. The summed E-state index contributed by atoms with van der Waals surface area (Å²) >= 11 is 1.58. The highest BCUT2D eigenvalue weighted by atomic mass is 32.2. The van der Waals surface area contributed by atoms with Crippen molar-refractivity contribution < 1.29 is 9.59 Å². The van der Waals surface area contributed by atoms with Crippen LogP contribution < -0.4 is 5.32 Å². The van der Waals surface area contributed by atoms with E-state index in [9.17, 15) is 9.59 Å². The summed E-state index contributed by atoms with van der Waals surface area (Å²) in [5.74, 6) is 1.03. The minimum absolute atomic E-state index is 0.0112. The van der Waals surface area contributed by atoms with Crippen molar-refractivity contribution >= 4 is 23.6 Å². The zero-order valence-electron chi connectivity index (χ0n) is 16.8. The fourth-order valence-corrected chi connectivity index (χ4v) is 3.68. The molecule has 0 saturated carbocycles. The van der Waals surface area contributed by atoms with E-state index in [1.165, 1.54) is 5.56 Å². The van der Waals surface area contributed by atoms with Gasteiger partial charge in [-0.1, -0.05) is 74.0 Å². The molecule has 0 unspecified atom stereocenters. The molecule has 4 nitrogen and oxygen atoms in total. The summed E-state index contributed by atoms with van der Waals surface area (Å²) in [7, 11) is 0. The third kappa shape index (κ3) is 7.39. The average molecular weight is 399 g/mol. The highest BCUT2D eigenvalue weighted by Gasteiger charge is 2.25. The molecule has 2 aromatic carbocycles. The van der Waals surface area contributed by atoms with Crippen LogP contribution in [-0.2, 0) is 21.9 Å². The topological polar surface area (TPSA) is 49.4 Å². The van der Waals surface area contributed by atoms with Gasteiger partial charge in [-0.25, -0.2) is 0 Å². The lowest BCUT2D eigenvalue weighted by Crippen LogP contribution is -2.48. The Balaban J connectivity index is 1.99. The molecule has 0 aliphatic heterocycles. The zero-order valence-corrected chi connectivity index (χ0v) is 17.6. The van der Waals surface area contributed by atoms with Crippen molar-refractivity contribution in [2.45, 2.75) is 45.0 Å². The molecule has 0 fully saturated rings. The van der Waals surface area contributed by atoms with Gasteiger partial charge in [0.05, 0.1) is 5.75 Å². The van der Waals surface area contributed by atoms with E-state index in [0.717, 1.165) is 24.2 Å². The van der Waals surface area contributed by atoms with Gasteiger partial charge >= 0.3 is 0 Å². The standard InChI is InChI=1S/C23H30N2O2S/c1-3-4-15-24-23(27)19(2)25(16-20-11-7-5-8-12-20)22(26)18-28-17-21-13-9-6-10-14-21/h5-14,19H,3-4,15-18H2,1-2H3,(H,24,27)/t19-/m0/s1. The van der Waals surface area contributed by atoms with Crippen LogP contribution in [0, 0.1) is 0 Å². The summed E-state index contributed by atoms with van der Waals surface area (Å²) in [4.78, 5) is 27.2. The SMILES string of the molecule is CCCCNC(=O)[C@H](C)N(Cc1ccccc1)C(=O)CSCc1ccccc1. The predicted molar refractivity (Wildman–Crippen MR) is 117 cm³/mol. The van der Waals surface area contributed by atoms with Gasteiger partial charge in [-0.05, 0) is 24.5 Å². The number of carbonyl (C=O) groups excluding carboxylic acids is 2. The fraction of sp³-hybridized carbons (Fsp3) is 0.391. The van der Waals surface area contributed by atoms with Gasteiger partial charge in [0.15, 0.2) is 0 Å². The highest BCUT2D eigenvalue weighted by molar-refractivity contribution is 7.99. The van der Waals surface area contributed by atoms with Crippen molar-refractivity contribution in [3.8, 4) is 0 Å². The summed E-state index contributed by atoms with van der Waals surface area (Å²) in [5.41, 5.74) is 2.22. The van der Waals surface area contributed by atoms with Gasteiger partial charge < -0.3 is 10.2 Å². The van der Waals surface area contributed by atoms with E-state index in [1.54, 1.807) is 16.7 Å². The number of benzene rings is 2. The third-order valence-electron chi connectivity index (χ3n) is 4.53. The molecule has 1 N–H and O–H groups in total. The molecule has 5 heteroatoms. The maximum absolute atomic E-state index is 12.9. The number of rotatable bonds is 11. The van der Waals surface area contributed by atoms with E-state index >= 15 is 0 Å². The van der Waals surface area contributed by atoms with E-state index in [2.05, 4.69) is 24.4 Å². The molecule has 0 heterocycles. The lowest BCUT2D eigenvalue weighted by atomic mass is 10.1. The number of carbonyl (C=O) groups is 2. The Morgan fingerprint density at radius 2 is 1.61 bits per heavy atom. The summed E-state index contributed by atoms with van der Waals surface area (Å²) in [6.45, 7) is 4.98. The number of hydrogen-bond acceptors (Lipinski definition) is 3. The second-order valence-electron chi connectivity index (χ2n) is 6.81. The van der Waals surface area contributed by atoms with Crippen molar-refractivity contribution in [2.75, 3.05) is 12.3 Å². The van der Waals surface area contributed by atoms with Gasteiger partial charge in [-0.2, -0.15) is 0 Å². The van der Waals surface area contributed by atoms with Crippen LogP contribution in [0.5, 0.6) is 0 Å². The molecule has 150 valence electrons. The van der Waals surface area contributed by atoms with E-state index in [0.29, 0.717) is 18.8 Å². The van der Waals surface area contributed by atoms with Gasteiger partial charge in [0.25, 0.3) is 0 Å². The number of nitrogens with zero attached hydrogens (tertiary/aromatic N) is 1. The molecule has 0 radical (unpaired) electrons. The predicted octanol–water partition coefficient (Wildman–Crippen LogP) is 4.25. The quantitative estimate of drug-likeness (QED) is 0.576. The Morgan fingerprint density at radius 1 is 1.00 bits per heavy atom. The number of unbranched alkanes of at least 4 members (excludes halogenated alkanes) is 1. The van der Waals surface area contributed by atoms with Gasteiger partial charge in [-0.3, -0.25) is 9.59 Å². The maximum atomic E-state index is 12.9. The molecule has 0 aromatic heterocycles. The smallest absolute Gasteiger partial charge is 0.242 e. The molecular formula is C23H30N2O2S. The summed E-state index contributed by atoms with van der Waals surface area (Å²) in [6.07, 6.45) is 1.97. The lowest BCUT2D eigenvalue weighted by Gasteiger charge is -2.28. The van der Waals surface area contributed by atoms with E-state index < -0.39 is 6.04 Å². The second kappa shape index (κ2) is 12.2. The summed E-state index contributed by atoms with van der Waals surface area (Å²) in [6, 6.07) is 19.4. The number of hydrogen-bond donors (Lipinski definition) is 1. The first-order chi connectivity index (χ1) is 13.6. The van der Waals surface area contributed by atoms with Crippen LogP contribution in [0.2, 0.25) is 0 Å². The Kier molecular flexibility index (Phi) is 9.63. The molecule has 0 spiro atoms. The first kappa shape index (κ1) is 22.0. The Hall–Kier alpha value is -2.27. The van der Waals surface area contributed by atoms with Gasteiger partial charge in [0.1, 0.15) is 6.04 Å². The van der Waals surface area contributed by atoms with Crippen molar-refractivity contribution in [2.24, 2.45) is 0 Å². The van der Waals surface area contributed by atoms with Crippen LogP contribution in [0.1, 0.15) is 37.8 Å². The molecular weight excluding hydrogens is 368 g/mol. The lowest BCUT2D eigenvalue weighted by molar-refractivity contribution is -0.138. The van der Waals surface area contributed by atoms with Crippen LogP contribution in [0.4, 0.5) is 0 Å². The Labute approximate surface area is 172 Å². The summed E-state index contributed by atoms with van der Waals surface area (Å²) in [5, 5.41) is 2.95. The van der Waals surface area contributed by atoms with Crippen LogP contribution in [0.3, 0.4) is 0 Å². The minimum atomic E-state index is -0.498. The number of thioether (sulfide) groups is 1. The largest absolute Gasteiger partial charge is 0.354 e. The van der Waals surface area contributed by atoms with Crippen LogP contribution in [-0.4, -0.2) is 35.1 Å². The van der Waals surface area contributed by atoms with Crippen LogP contribution in [0.15, 0.2) is 60.7 Å².